The number of nitrogens with zero attached hydrogens (tertiary/aromatic N) is 5. The Balaban J connectivity index is 0.00000291. The molecular formula is C46H74FN7O9S. The predicted octanol–water partition coefficient (Wildman–Crippen LogP) is 6.07. The van der Waals surface area contributed by atoms with Crippen molar-refractivity contribution in [3.05, 3.63) is 43.1 Å². The Hall–Kier alpha value is -3.65. The lowest BCUT2D eigenvalue weighted by atomic mass is 9.78. The van der Waals surface area contributed by atoms with Gasteiger partial charge in [0.25, 0.3) is 0 Å². The number of nitrogen functional groups attached to an aromatic ring is 1. The van der Waals surface area contributed by atoms with E-state index in [2.05, 4.69) is 29.1 Å². The molecule has 3 fully saturated rings. The Morgan fingerprint density at radius 2 is 1.84 bits per heavy atom. The van der Waals surface area contributed by atoms with E-state index in [0.717, 1.165) is 11.3 Å². The maximum absolute atomic E-state index is 14.4. The molecule has 64 heavy (non-hydrogen) atoms. The fourth-order valence-electron chi connectivity index (χ4n) is 9.66. The molecule has 360 valence electrons. The zero-order valence-electron chi connectivity index (χ0n) is 39.7. The van der Waals surface area contributed by atoms with Crippen LogP contribution in [0, 0.1) is 17.8 Å². The Kier molecular flexibility index (Phi) is 19.6. The molecule has 1 aromatic carbocycles. The molecule has 4 heterocycles. The summed E-state index contributed by atoms with van der Waals surface area (Å²) in [7, 11) is 5.39. The number of carbonyl (C=O) groups is 3. The minimum atomic E-state index is -1.28. The summed E-state index contributed by atoms with van der Waals surface area (Å²) in [6.45, 7) is 18.4. The van der Waals surface area contributed by atoms with E-state index >= 15 is 0 Å². The number of nitrogens with one attached hydrogen (secondary N) is 1. The summed E-state index contributed by atoms with van der Waals surface area (Å²) in [4.78, 5) is 46.3. The van der Waals surface area contributed by atoms with Gasteiger partial charge in [0, 0.05) is 67.9 Å². The molecule has 18 heteroatoms. The molecule has 4 N–H and O–H groups in total. The van der Waals surface area contributed by atoms with E-state index < -0.39 is 71.5 Å². The van der Waals surface area contributed by atoms with Crippen LogP contribution in [0.2, 0.25) is 0 Å². The summed E-state index contributed by atoms with van der Waals surface area (Å²) < 4.78 is 43.7. The van der Waals surface area contributed by atoms with Crippen LogP contribution < -0.4 is 11.1 Å². The van der Waals surface area contributed by atoms with E-state index in [1.807, 2.05) is 83.2 Å². The van der Waals surface area contributed by atoms with Gasteiger partial charge in [-0.2, -0.15) is 3.89 Å². The molecule has 3 aliphatic rings. The van der Waals surface area contributed by atoms with Crippen LogP contribution in [0.15, 0.2) is 43.1 Å². The molecule has 1 aromatic heterocycles. The summed E-state index contributed by atoms with van der Waals surface area (Å²) in [5, 5.41) is 23.9. The average Bonchev–Trinajstić information content (AvgIpc) is 3.83. The first-order chi connectivity index (χ1) is 30.3. The third-order valence-electron chi connectivity index (χ3n) is 13.1. The number of unbranched alkanes of at least 4 members (excludes halogenated alkanes) is 1. The largest absolute Gasteiger partial charge is 0.458 e. The summed E-state index contributed by atoms with van der Waals surface area (Å²) in [5.74, 6) is -3.25. The number of hydrogen-bond donors (Lipinski definition) is 3. The van der Waals surface area contributed by atoms with Crippen LogP contribution in [0.25, 0.3) is 11.3 Å². The number of aromatic nitrogens is 3. The minimum absolute atomic E-state index is 0.0451. The van der Waals surface area contributed by atoms with Crippen molar-refractivity contribution < 1.29 is 47.1 Å². The van der Waals surface area contributed by atoms with Crippen molar-refractivity contribution in [3.8, 4) is 11.3 Å². The number of likely N-dealkylation sites (N-methyl/N-ethyl adjacent to an activating group) is 1. The summed E-state index contributed by atoms with van der Waals surface area (Å²) in [6, 6.07) is 6.33. The van der Waals surface area contributed by atoms with Gasteiger partial charge in [-0.05, 0) is 105 Å². The Morgan fingerprint density at radius 3 is 2.47 bits per heavy atom. The number of amides is 1. The second-order valence-electron chi connectivity index (χ2n) is 18.3. The number of Topliss-reactive ketones (excluding diaryl/α,β-unsaturated/α-hetero) is 1. The number of nitrogens with two attached hydrogens (primary N) is 1. The molecule has 0 radical (unpaired) electrons. The number of aliphatic hydroxyl groups excluding tert-OH is 1. The fourth-order valence-corrected chi connectivity index (χ4v) is 9.66. The molecule has 3 saturated heterocycles. The molecule has 0 bridgehead atoms. The number of halogens is 1. The number of ether oxygens (including phenoxy) is 5. The lowest BCUT2D eigenvalue weighted by Crippen LogP contribution is -2.61. The second kappa shape index (κ2) is 23.7. The number of carbonyl (C=O) groups excluding carboxylic acids is 3. The Morgan fingerprint density at radius 1 is 1.16 bits per heavy atom. The van der Waals surface area contributed by atoms with Crippen molar-refractivity contribution >= 4 is 35.7 Å². The van der Waals surface area contributed by atoms with Crippen LogP contribution in [0.1, 0.15) is 87.0 Å². The van der Waals surface area contributed by atoms with Gasteiger partial charge >= 0.3 is 12.1 Å². The van der Waals surface area contributed by atoms with E-state index in [0.29, 0.717) is 63.8 Å². The van der Waals surface area contributed by atoms with E-state index in [1.54, 1.807) is 23.6 Å². The van der Waals surface area contributed by atoms with Gasteiger partial charge in [-0.15, -0.1) is 11.7 Å². The number of cyclic esters (lactones) is 1. The average molecular weight is 920 g/mol. The summed E-state index contributed by atoms with van der Waals surface area (Å²) >= 11 is 0.250. The molecule has 3 aliphatic heterocycles. The first-order valence-electron chi connectivity index (χ1n) is 22.5. The van der Waals surface area contributed by atoms with E-state index in [-0.39, 0.29) is 36.3 Å². The molecule has 0 aliphatic carbocycles. The standard InChI is InChI=1S/C45H71N7O9.CH3FS/c1-12-17-33-39-45(8,61-43(56)52(39)21-15-14-20-51-26-34(48-49-51)31-18-16-19-32(46)23-31)36(13-2)59-41(55)30(6)37(53)29(5)40(44(7,57-11)24-27(3)25-47-33)60-42-38(54)35(50(9)10)22-28(4)58-42;1-3-2/h12,16,18-19,23,26-30,33,35-36,38-40,42,47,54H,1,13-15,17,20-22,24-25,46H2,2-11H3;1H3/t27-,28?,29+,30-,33-,35?,36-,38?,39-,40-,42+,44-,45-;/m1./s1. The highest BCUT2D eigenvalue weighted by Crippen LogP contribution is 2.41. The summed E-state index contributed by atoms with van der Waals surface area (Å²) in [5.41, 5.74) is 5.88. The summed E-state index contributed by atoms with van der Waals surface area (Å²) in [6.07, 6.45) is 3.69. The highest BCUT2D eigenvalue weighted by molar-refractivity contribution is 7.93. The van der Waals surface area contributed by atoms with Gasteiger partial charge in [0.15, 0.2) is 17.7 Å². The van der Waals surface area contributed by atoms with Crippen molar-refractivity contribution in [3.63, 3.8) is 0 Å². The van der Waals surface area contributed by atoms with Crippen LogP contribution in [0.3, 0.4) is 0 Å². The van der Waals surface area contributed by atoms with Gasteiger partial charge < -0.3 is 44.7 Å². The molecule has 0 saturated carbocycles. The van der Waals surface area contributed by atoms with Crippen LogP contribution in [-0.4, -0.2) is 148 Å². The number of ketones is 1. The maximum Gasteiger partial charge on any atom is 0.410 e. The molecular weight excluding hydrogens is 846 g/mol. The number of hydrogen-bond acceptors (Lipinski definition) is 15. The lowest BCUT2D eigenvalue weighted by Gasteiger charge is -2.46. The fraction of sp³-hybridized carbons (Fsp3) is 0.717. The number of benzene rings is 1. The molecule has 16 nitrogen and oxygen atoms in total. The topological polar surface area (TPSA) is 193 Å². The van der Waals surface area contributed by atoms with Crippen LogP contribution >= 0.6 is 12.1 Å². The number of aryl methyl sites for hydroxylation is 1. The monoisotopic (exact) mass is 920 g/mol. The van der Waals surface area contributed by atoms with E-state index in [4.69, 9.17) is 29.4 Å². The zero-order chi connectivity index (χ0) is 47.5. The van der Waals surface area contributed by atoms with Crippen molar-refractivity contribution in [2.75, 3.05) is 46.3 Å². The Bertz CT molecular complexity index is 1840. The number of esters is 1. The predicted molar refractivity (Wildman–Crippen MR) is 246 cm³/mol. The number of anilines is 1. The van der Waals surface area contributed by atoms with Crippen LogP contribution in [-0.2, 0) is 39.8 Å². The van der Waals surface area contributed by atoms with E-state index in [9.17, 15) is 23.4 Å². The van der Waals surface area contributed by atoms with Crippen molar-refractivity contribution in [2.24, 2.45) is 17.8 Å². The zero-order valence-corrected chi connectivity index (χ0v) is 40.5. The van der Waals surface area contributed by atoms with Crippen LogP contribution in [0.4, 0.5) is 14.4 Å². The van der Waals surface area contributed by atoms with Gasteiger partial charge in [0.1, 0.15) is 23.8 Å². The molecule has 0 spiro atoms. The molecule has 3 unspecified atom stereocenters. The van der Waals surface area contributed by atoms with Crippen LogP contribution in [0.5, 0.6) is 0 Å². The highest BCUT2D eigenvalue weighted by atomic mass is 32.2. The van der Waals surface area contributed by atoms with Crippen molar-refractivity contribution in [1.82, 2.24) is 30.1 Å². The van der Waals surface area contributed by atoms with Gasteiger partial charge in [-0.25, -0.2) is 4.79 Å². The minimum Gasteiger partial charge on any atom is -0.458 e. The quantitative estimate of drug-likeness (QED) is 0.0689. The number of methoxy groups -OCH3 is 1. The number of aliphatic hydroxyl groups is 1. The SMILES string of the molecule is C=CC[C@H]1NC[C@H](C)C[C@@](C)(OC)[C@H](O[C@@H]2OC(C)CC(N(C)C)C2O)[C@@H](C)C(=O)[C@@H](C)C(=O)O[C@H](CC)[C@@]2(C)OC(=O)N(CCCCn3cc(-c4cccc(N)c4)nn3)[C@H]12.CSF. The van der Waals surface area contributed by atoms with Crippen molar-refractivity contribution in [2.45, 2.75) is 154 Å². The molecule has 13 atom stereocenters. The van der Waals surface area contributed by atoms with Gasteiger partial charge in [-0.1, -0.05) is 44.2 Å². The normalized spacial score (nSPS) is 34.2. The third-order valence-corrected chi connectivity index (χ3v) is 13.1. The molecule has 5 rings (SSSR count). The first kappa shape index (κ1) is 53.0. The Labute approximate surface area is 383 Å². The molecule has 2 aromatic rings. The highest BCUT2D eigenvalue weighted by Gasteiger charge is 2.59. The van der Waals surface area contributed by atoms with Gasteiger partial charge in [0.05, 0.1) is 30.0 Å². The third kappa shape index (κ3) is 12.6. The number of rotatable bonds is 13. The van der Waals surface area contributed by atoms with E-state index in [1.165, 1.54) is 13.2 Å². The van der Waals surface area contributed by atoms with Crippen molar-refractivity contribution in [1.29, 1.82) is 0 Å². The molecule has 1 amide bonds. The van der Waals surface area contributed by atoms with Gasteiger partial charge in [0.2, 0.25) is 0 Å². The second-order valence-corrected chi connectivity index (χ2v) is 18.6. The van der Waals surface area contributed by atoms with Gasteiger partial charge in [-0.3, -0.25) is 19.2 Å². The first-order valence-corrected chi connectivity index (χ1v) is 23.6. The maximum atomic E-state index is 14.4. The lowest BCUT2D eigenvalue weighted by molar-refractivity contribution is -0.295. The smallest absolute Gasteiger partial charge is 0.410 e. The number of fused-ring (bicyclic) bond motifs is 1.